The predicted molar refractivity (Wildman–Crippen MR) is 142 cm³/mol. The molecule has 0 aliphatic rings. The van der Waals surface area contributed by atoms with E-state index < -0.39 is 4.25 Å². The molecule has 0 radical (unpaired) electrons. The van der Waals surface area contributed by atoms with Gasteiger partial charge in [-0.3, -0.25) is 0 Å². The van der Waals surface area contributed by atoms with Gasteiger partial charge in [-0.25, -0.2) is 0 Å². The quantitative estimate of drug-likeness (QED) is 0.162. The van der Waals surface area contributed by atoms with Crippen LogP contribution in [-0.2, 0) is 0 Å². The zero-order valence-corrected chi connectivity index (χ0v) is 20.2. The predicted octanol–water partition coefficient (Wildman–Crippen LogP) is 7.17. The number of hydrogen-bond donors (Lipinski definition) is 0. The number of rotatable bonds is 9. The number of halogens is 1. The Labute approximate surface area is 189 Å². The van der Waals surface area contributed by atoms with Gasteiger partial charge in [0, 0.05) is 0 Å². The van der Waals surface area contributed by atoms with E-state index in [9.17, 15) is 0 Å². The van der Waals surface area contributed by atoms with Crippen LogP contribution < -0.4 is 15.9 Å². The van der Waals surface area contributed by atoms with Crippen molar-refractivity contribution in [3.05, 3.63) is 115 Å². The topological polar surface area (TPSA) is 0 Å². The van der Waals surface area contributed by atoms with Gasteiger partial charge in [0.25, 0.3) is 0 Å². The molecule has 3 aromatic rings. The number of hydrogen-bond acceptors (Lipinski definition) is 0. The summed E-state index contributed by atoms with van der Waals surface area (Å²) in [7, 11) is 0. The molecule has 29 heavy (non-hydrogen) atoms. The van der Waals surface area contributed by atoms with E-state index in [-0.39, 0.29) is 0 Å². The molecule has 0 spiro atoms. The first-order valence-corrected chi connectivity index (χ1v) is 15.6. The van der Waals surface area contributed by atoms with Crippen LogP contribution in [0.25, 0.3) is 0 Å². The summed E-state index contributed by atoms with van der Waals surface area (Å²) in [5.41, 5.74) is 0. The fraction of sp³-hybridized carbons (Fsp3) is 0.185. The Morgan fingerprint density at radius 2 is 1.03 bits per heavy atom. The van der Waals surface area contributed by atoms with E-state index in [0.29, 0.717) is 0 Å². The molecule has 2 heteroatoms. The van der Waals surface area contributed by atoms with Gasteiger partial charge in [0.15, 0.2) is 0 Å². The zero-order valence-electron chi connectivity index (χ0n) is 17.1. The summed E-state index contributed by atoms with van der Waals surface area (Å²) in [5, 5.41) is 4.36. The van der Waals surface area contributed by atoms with Crippen LogP contribution in [0.2, 0.25) is 0 Å². The van der Waals surface area contributed by atoms with Crippen molar-refractivity contribution in [1.29, 1.82) is 0 Å². The van der Waals surface area contributed by atoms with E-state index >= 15 is 0 Å². The van der Waals surface area contributed by atoms with Crippen LogP contribution in [0.5, 0.6) is 0 Å². The summed E-state index contributed by atoms with van der Waals surface area (Å²) >= 11 is 2.86. The van der Waals surface area contributed by atoms with Gasteiger partial charge in [0.1, 0.15) is 0 Å². The third kappa shape index (κ3) is 4.73. The number of benzene rings is 3. The van der Waals surface area contributed by atoms with Gasteiger partial charge < -0.3 is 0 Å². The molecule has 3 rings (SSSR count). The maximum absolute atomic E-state index is 2.86. The van der Waals surface area contributed by atoms with E-state index in [1.807, 2.05) is 0 Å². The van der Waals surface area contributed by atoms with Crippen LogP contribution >= 0.6 is 26.3 Å². The summed E-state index contributed by atoms with van der Waals surface area (Å²) < 4.78 is -2.61. The van der Waals surface area contributed by atoms with Gasteiger partial charge in [-0.2, -0.15) is 0 Å². The molecular formula is C27H30IP. The molecule has 0 unspecified atom stereocenters. The van der Waals surface area contributed by atoms with Crippen molar-refractivity contribution in [3.8, 4) is 0 Å². The van der Waals surface area contributed by atoms with Crippen LogP contribution in [0.15, 0.2) is 115 Å². The fourth-order valence-electron chi connectivity index (χ4n) is 3.92. The second-order valence-electron chi connectivity index (χ2n) is 7.29. The van der Waals surface area contributed by atoms with Crippen LogP contribution in [-0.4, -0.2) is 6.16 Å². The van der Waals surface area contributed by atoms with Gasteiger partial charge >= 0.3 is 190 Å². The van der Waals surface area contributed by atoms with Gasteiger partial charge in [-0.05, 0) is 0 Å². The summed E-state index contributed by atoms with van der Waals surface area (Å²) in [4.78, 5) is 0. The number of allylic oxidation sites excluding steroid dienone is 4. The minimum absolute atomic E-state index is 1.02. The SMILES string of the molecule is CCC=CCC=CCCP(I)(c1ccccc1)(c1ccccc1)c1ccccc1. The Hall–Kier alpha value is -1.70. The molecule has 0 aliphatic carbocycles. The minimum atomic E-state index is -2.61. The normalized spacial score (nSPS) is 13.5. The Kier molecular flexibility index (Phi) is 7.86. The summed E-state index contributed by atoms with van der Waals surface area (Å²) in [5.74, 6) is 0. The molecule has 0 amide bonds. The Morgan fingerprint density at radius 1 is 0.621 bits per heavy atom. The van der Waals surface area contributed by atoms with Crippen molar-refractivity contribution in [2.24, 2.45) is 0 Å². The molecule has 0 heterocycles. The van der Waals surface area contributed by atoms with Crippen LogP contribution in [0.1, 0.15) is 26.2 Å². The Balaban J connectivity index is 2.10. The van der Waals surface area contributed by atoms with Gasteiger partial charge in [0.2, 0.25) is 0 Å². The summed E-state index contributed by atoms with van der Waals surface area (Å²) in [6.45, 7) is 2.18. The van der Waals surface area contributed by atoms with E-state index in [0.717, 1.165) is 25.4 Å². The average Bonchev–Trinajstić information content (AvgIpc) is 2.80. The maximum atomic E-state index is 2.86. The molecular weight excluding hydrogens is 482 g/mol. The van der Waals surface area contributed by atoms with E-state index in [1.165, 1.54) is 15.9 Å². The van der Waals surface area contributed by atoms with Crippen LogP contribution in [0.3, 0.4) is 0 Å². The molecule has 3 aromatic carbocycles. The van der Waals surface area contributed by atoms with Crippen molar-refractivity contribution in [2.75, 3.05) is 6.16 Å². The van der Waals surface area contributed by atoms with Crippen LogP contribution in [0, 0.1) is 0 Å². The first kappa shape index (κ1) is 22.0. The van der Waals surface area contributed by atoms with E-state index in [1.54, 1.807) is 0 Å². The van der Waals surface area contributed by atoms with E-state index in [4.69, 9.17) is 0 Å². The standard InChI is InChI=1S/C27H30IP/c1-2-3-4-5-6-7-17-24-29(28,25-18-11-8-12-19-25,26-20-13-9-14-21-26)27-22-15-10-16-23-27/h3-4,6-16,18-23H,2,5,17,24H2,1H3. The average molecular weight is 512 g/mol. The summed E-state index contributed by atoms with van der Waals surface area (Å²) in [6.07, 6.45) is 13.5. The third-order valence-electron chi connectivity index (χ3n) is 5.44. The van der Waals surface area contributed by atoms with Gasteiger partial charge in [-0.15, -0.1) is 0 Å². The first-order valence-electron chi connectivity index (χ1n) is 10.4. The Morgan fingerprint density at radius 3 is 1.45 bits per heavy atom. The molecule has 0 aliphatic heterocycles. The second kappa shape index (κ2) is 10.4. The molecule has 0 bridgehead atoms. The van der Waals surface area contributed by atoms with Crippen molar-refractivity contribution < 1.29 is 0 Å². The molecule has 0 aromatic heterocycles. The molecule has 0 fully saturated rings. The second-order valence-corrected chi connectivity index (χ2v) is 18.0. The monoisotopic (exact) mass is 512 g/mol. The zero-order chi connectivity index (χ0) is 20.4. The van der Waals surface area contributed by atoms with Crippen molar-refractivity contribution in [3.63, 3.8) is 0 Å². The summed E-state index contributed by atoms with van der Waals surface area (Å²) in [6, 6.07) is 33.5. The van der Waals surface area contributed by atoms with Crippen molar-refractivity contribution in [1.82, 2.24) is 0 Å². The van der Waals surface area contributed by atoms with Crippen LogP contribution in [0.4, 0.5) is 0 Å². The van der Waals surface area contributed by atoms with E-state index in [2.05, 4.69) is 144 Å². The van der Waals surface area contributed by atoms with Gasteiger partial charge in [-0.1, -0.05) is 0 Å². The molecule has 0 saturated carbocycles. The first-order chi connectivity index (χ1) is 14.2. The third-order valence-corrected chi connectivity index (χ3v) is 17.1. The fourth-order valence-corrected chi connectivity index (χ4v) is 12.3. The molecule has 0 atom stereocenters. The molecule has 0 N–H and O–H groups in total. The molecule has 0 nitrogen and oxygen atoms in total. The molecule has 150 valence electrons. The molecule has 0 saturated heterocycles. The van der Waals surface area contributed by atoms with Crippen molar-refractivity contribution >= 4 is 42.2 Å². The Bertz CT molecular complexity index is 831. The van der Waals surface area contributed by atoms with Gasteiger partial charge in [0.05, 0.1) is 0 Å². The van der Waals surface area contributed by atoms with Crippen molar-refractivity contribution in [2.45, 2.75) is 26.2 Å².